The van der Waals surface area contributed by atoms with Crippen molar-refractivity contribution in [1.29, 1.82) is 0 Å². The van der Waals surface area contributed by atoms with E-state index < -0.39 is 0 Å². The molecule has 0 unspecified atom stereocenters. The van der Waals surface area contributed by atoms with Gasteiger partial charge in [0.25, 0.3) is 0 Å². The van der Waals surface area contributed by atoms with Gasteiger partial charge < -0.3 is 4.90 Å². The van der Waals surface area contributed by atoms with Gasteiger partial charge in [0, 0.05) is 37.6 Å². The van der Waals surface area contributed by atoms with E-state index in [-0.39, 0.29) is 0 Å². The quantitative estimate of drug-likeness (QED) is 0.365. The number of nitrogens with zero attached hydrogens (tertiary/aromatic N) is 3. The molecule has 1 aliphatic heterocycles. The molecule has 0 atom stereocenters. The maximum atomic E-state index is 11.2. The Balaban J connectivity index is 1.65. The number of allylic oxidation sites excluding steroid dienone is 2. The Labute approximate surface area is 157 Å². The predicted molar refractivity (Wildman–Crippen MR) is 108 cm³/mol. The van der Waals surface area contributed by atoms with E-state index in [1.54, 1.807) is 17.6 Å². The van der Waals surface area contributed by atoms with Crippen LogP contribution in [0.1, 0.15) is 4.88 Å². The maximum absolute atomic E-state index is 11.2. The Hall–Kier alpha value is -1.89. The van der Waals surface area contributed by atoms with Crippen LogP contribution in [0.4, 0.5) is 5.69 Å². The number of piperazine rings is 1. The second-order valence-corrected chi connectivity index (χ2v) is 7.34. The lowest BCUT2D eigenvalue weighted by atomic mass is 10.2. The highest BCUT2D eigenvalue weighted by Gasteiger charge is 2.20. The third-order valence-electron chi connectivity index (χ3n) is 4.14. The van der Waals surface area contributed by atoms with Crippen LogP contribution >= 0.6 is 24.0 Å². The number of para-hydroxylation sites is 1. The highest BCUT2D eigenvalue weighted by molar-refractivity contribution is 7.85. The van der Waals surface area contributed by atoms with E-state index in [9.17, 15) is 4.79 Å². The van der Waals surface area contributed by atoms with E-state index in [0.717, 1.165) is 50.4 Å². The van der Waals surface area contributed by atoms with Crippen molar-refractivity contribution >= 4 is 42.2 Å². The zero-order valence-electron chi connectivity index (χ0n) is 13.9. The summed E-state index contributed by atoms with van der Waals surface area (Å²) in [4.78, 5) is 22.2. The van der Waals surface area contributed by atoms with Crippen LogP contribution < -0.4 is 0 Å². The topological polar surface area (TPSA) is 35.9 Å². The molecule has 1 aromatic heterocycles. The summed E-state index contributed by atoms with van der Waals surface area (Å²) < 4.78 is 0. The summed E-state index contributed by atoms with van der Waals surface area (Å²) in [6, 6.07) is 14.0. The molecule has 0 spiro atoms. The first-order chi connectivity index (χ1) is 12.3. The molecule has 130 valence electrons. The molecule has 0 radical (unpaired) electrons. The van der Waals surface area contributed by atoms with Crippen molar-refractivity contribution in [3.8, 4) is 0 Å². The summed E-state index contributed by atoms with van der Waals surface area (Å²) in [6.07, 6.45) is 2.54. The molecule has 4 nitrogen and oxygen atoms in total. The number of hydrogen-bond donors (Lipinski definition) is 1. The van der Waals surface area contributed by atoms with Gasteiger partial charge in [-0.05, 0) is 23.6 Å². The first kappa shape index (κ1) is 17.9. The van der Waals surface area contributed by atoms with Crippen molar-refractivity contribution in [1.82, 2.24) is 9.80 Å². The summed E-state index contributed by atoms with van der Waals surface area (Å²) in [5.74, 6) is 0. The zero-order chi connectivity index (χ0) is 17.5. The van der Waals surface area contributed by atoms with E-state index in [1.165, 1.54) is 4.88 Å². The molecule has 6 heteroatoms. The van der Waals surface area contributed by atoms with E-state index in [2.05, 4.69) is 44.9 Å². The lowest BCUT2D eigenvalue weighted by Gasteiger charge is -2.36. The molecule has 0 aliphatic carbocycles. The van der Waals surface area contributed by atoms with Crippen molar-refractivity contribution in [2.75, 3.05) is 26.2 Å². The Bertz CT molecular complexity index is 733. The van der Waals surface area contributed by atoms with Crippen molar-refractivity contribution in [3.63, 3.8) is 0 Å². The van der Waals surface area contributed by atoms with Gasteiger partial charge >= 0.3 is 0 Å². The monoisotopic (exact) mass is 371 g/mol. The Morgan fingerprint density at radius 1 is 1.12 bits per heavy atom. The number of thiophene rings is 1. The lowest BCUT2D eigenvalue weighted by molar-refractivity contribution is -0.104. The normalized spacial score (nSPS) is 16.9. The molecule has 0 bridgehead atoms. The molecule has 0 saturated carbocycles. The summed E-state index contributed by atoms with van der Waals surface area (Å²) in [6.45, 7) is 4.63. The number of benzene rings is 1. The third-order valence-corrected chi connectivity index (χ3v) is 5.33. The van der Waals surface area contributed by atoms with E-state index in [4.69, 9.17) is 0 Å². The molecule has 0 N–H and O–H groups in total. The fraction of sp³-hybridized carbons (Fsp3) is 0.263. The van der Waals surface area contributed by atoms with Crippen LogP contribution in [0.3, 0.4) is 0 Å². The standard InChI is InChI=1S/C19H21N3OS2/c23-15-19(24)18(13-20-16-5-2-1-3-6-16)22-10-8-21(9-11-22)14-17-7-4-12-25-17/h1-7,12-13,15,24H,8-11,14H2/b19-18-,20-13?. The molecular formula is C19H21N3OS2. The zero-order valence-corrected chi connectivity index (χ0v) is 15.6. The fourth-order valence-electron chi connectivity index (χ4n) is 2.79. The highest BCUT2D eigenvalue weighted by atomic mass is 32.1. The summed E-state index contributed by atoms with van der Waals surface area (Å²) in [7, 11) is 0. The Morgan fingerprint density at radius 3 is 2.52 bits per heavy atom. The maximum Gasteiger partial charge on any atom is 0.158 e. The Morgan fingerprint density at radius 2 is 1.88 bits per heavy atom. The largest absolute Gasteiger partial charge is 0.367 e. The number of carbonyl (C=O) groups is 1. The number of hydrogen-bond acceptors (Lipinski definition) is 6. The SMILES string of the molecule is O=C/C(S)=C(\C=Nc1ccccc1)N1CCN(Cc2cccs2)CC1. The van der Waals surface area contributed by atoms with Gasteiger partial charge in [-0.25, -0.2) is 0 Å². The van der Waals surface area contributed by atoms with Crippen molar-refractivity contribution in [2.24, 2.45) is 4.99 Å². The molecule has 1 aromatic carbocycles. The minimum atomic E-state index is 0.423. The van der Waals surface area contributed by atoms with Crippen LogP contribution in [0, 0.1) is 0 Å². The first-order valence-electron chi connectivity index (χ1n) is 8.23. The molecule has 2 heterocycles. The van der Waals surface area contributed by atoms with Gasteiger partial charge in [0.2, 0.25) is 0 Å². The minimum absolute atomic E-state index is 0.423. The van der Waals surface area contributed by atoms with Crippen molar-refractivity contribution < 1.29 is 4.79 Å². The van der Waals surface area contributed by atoms with Crippen LogP contribution in [0.5, 0.6) is 0 Å². The second-order valence-electron chi connectivity index (χ2n) is 5.82. The van der Waals surface area contributed by atoms with Gasteiger partial charge in [0.1, 0.15) is 0 Å². The third kappa shape index (κ3) is 5.04. The molecule has 25 heavy (non-hydrogen) atoms. The number of aliphatic imine (C=N–C) groups is 1. The number of thiol groups is 1. The van der Waals surface area contributed by atoms with Gasteiger partial charge in [-0.15, -0.1) is 24.0 Å². The second kappa shape index (κ2) is 8.99. The molecule has 1 fully saturated rings. The number of aldehydes is 1. The van der Waals surface area contributed by atoms with Crippen molar-refractivity contribution in [3.05, 3.63) is 63.3 Å². The summed E-state index contributed by atoms with van der Waals surface area (Å²) in [5, 5.41) is 2.11. The first-order valence-corrected chi connectivity index (χ1v) is 9.56. The van der Waals surface area contributed by atoms with Crippen LogP contribution in [0.25, 0.3) is 0 Å². The molecule has 2 aromatic rings. The summed E-state index contributed by atoms with van der Waals surface area (Å²) in [5.41, 5.74) is 1.65. The van der Waals surface area contributed by atoms with Crippen molar-refractivity contribution in [2.45, 2.75) is 6.54 Å². The van der Waals surface area contributed by atoms with Crippen LogP contribution in [0.15, 0.2) is 63.4 Å². The molecule has 0 amide bonds. The number of rotatable bonds is 6. The summed E-state index contributed by atoms with van der Waals surface area (Å²) >= 11 is 6.14. The molecule has 1 saturated heterocycles. The average molecular weight is 372 g/mol. The van der Waals surface area contributed by atoms with Gasteiger partial charge in [-0.1, -0.05) is 24.3 Å². The van der Waals surface area contributed by atoms with Gasteiger partial charge in [-0.2, -0.15) is 0 Å². The van der Waals surface area contributed by atoms with E-state index in [0.29, 0.717) is 4.91 Å². The van der Waals surface area contributed by atoms with E-state index in [1.807, 2.05) is 30.3 Å². The van der Waals surface area contributed by atoms with Gasteiger partial charge in [0.15, 0.2) is 6.29 Å². The van der Waals surface area contributed by atoms with Crippen LogP contribution in [0.2, 0.25) is 0 Å². The highest BCUT2D eigenvalue weighted by Crippen LogP contribution is 2.18. The van der Waals surface area contributed by atoms with Crippen LogP contribution in [-0.4, -0.2) is 48.5 Å². The molecular weight excluding hydrogens is 350 g/mol. The smallest absolute Gasteiger partial charge is 0.158 e. The lowest BCUT2D eigenvalue weighted by Crippen LogP contribution is -2.45. The van der Waals surface area contributed by atoms with Crippen LogP contribution in [-0.2, 0) is 11.3 Å². The van der Waals surface area contributed by atoms with E-state index >= 15 is 0 Å². The molecule has 3 rings (SSSR count). The fourth-order valence-corrected chi connectivity index (χ4v) is 3.74. The average Bonchev–Trinajstić information content (AvgIpc) is 3.17. The number of carbonyl (C=O) groups excluding carboxylic acids is 1. The van der Waals surface area contributed by atoms with Gasteiger partial charge in [-0.3, -0.25) is 14.7 Å². The Kier molecular flexibility index (Phi) is 6.44. The predicted octanol–water partition coefficient (Wildman–Crippen LogP) is 3.61. The minimum Gasteiger partial charge on any atom is -0.367 e. The van der Waals surface area contributed by atoms with Gasteiger partial charge in [0.05, 0.1) is 22.5 Å². The molecule has 1 aliphatic rings.